The maximum absolute atomic E-state index is 13.3. The topological polar surface area (TPSA) is 104 Å². The van der Waals surface area contributed by atoms with Crippen LogP contribution in [0.25, 0.3) is 0 Å². The third kappa shape index (κ3) is 3.05. The zero-order valence-electron chi connectivity index (χ0n) is 17.9. The summed E-state index contributed by atoms with van der Waals surface area (Å²) in [6.45, 7) is 3.94. The molecule has 0 bridgehead atoms. The van der Waals surface area contributed by atoms with Crippen LogP contribution in [0.4, 0.5) is 0 Å². The zero-order valence-corrected chi connectivity index (χ0v) is 17.9. The van der Waals surface area contributed by atoms with E-state index in [1.165, 1.54) is 13.2 Å². The molecule has 2 aliphatic rings. The van der Waals surface area contributed by atoms with E-state index in [-0.39, 0.29) is 52.0 Å². The third-order valence-electron chi connectivity index (χ3n) is 6.77. The van der Waals surface area contributed by atoms with Gasteiger partial charge in [-0.1, -0.05) is 24.6 Å². The van der Waals surface area contributed by atoms with Gasteiger partial charge >= 0.3 is 0 Å². The number of allylic oxidation sites excluding steroid dienone is 1. The van der Waals surface area contributed by atoms with Crippen molar-refractivity contribution < 1.29 is 29.6 Å². The highest BCUT2D eigenvalue weighted by Crippen LogP contribution is 2.48. The van der Waals surface area contributed by atoms with Gasteiger partial charge < -0.3 is 20.1 Å². The van der Waals surface area contributed by atoms with Crippen LogP contribution in [0.5, 0.6) is 17.2 Å². The number of rotatable bonds is 4. The van der Waals surface area contributed by atoms with E-state index in [2.05, 4.69) is 0 Å². The highest BCUT2D eigenvalue weighted by Gasteiger charge is 2.40. The fourth-order valence-corrected chi connectivity index (χ4v) is 4.94. The summed E-state index contributed by atoms with van der Waals surface area (Å²) in [6.07, 6.45) is 2.31. The van der Waals surface area contributed by atoms with Gasteiger partial charge in [-0.3, -0.25) is 9.59 Å². The maximum Gasteiger partial charge on any atom is 0.202 e. The number of ketones is 2. The van der Waals surface area contributed by atoms with Crippen molar-refractivity contribution in [1.82, 2.24) is 0 Å². The van der Waals surface area contributed by atoms with E-state index in [9.17, 15) is 24.9 Å². The number of aliphatic hydroxyl groups excluding tert-OH is 1. The number of benzene rings is 2. The fraction of sp³-hybridized carbons (Fsp3) is 0.360. The van der Waals surface area contributed by atoms with Gasteiger partial charge in [0.2, 0.25) is 5.78 Å². The smallest absolute Gasteiger partial charge is 0.202 e. The van der Waals surface area contributed by atoms with E-state index in [4.69, 9.17) is 4.74 Å². The summed E-state index contributed by atoms with van der Waals surface area (Å²) in [6, 6.07) is 4.73. The summed E-state index contributed by atoms with van der Waals surface area (Å²) in [5.74, 6) is -1.27. The molecule has 3 N–H and O–H groups in total. The number of carbonyl (C=O) groups is 2. The molecule has 4 rings (SSSR count). The average Bonchev–Trinajstić information content (AvgIpc) is 2.79. The van der Waals surface area contributed by atoms with Gasteiger partial charge in [0.15, 0.2) is 5.78 Å². The highest BCUT2D eigenvalue weighted by molar-refractivity contribution is 6.31. The van der Waals surface area contributed by atoms with E-state index < -0.39 is 11.6 Å². The molecule has 6 nitrogen and oxygen atoms in total. The molecule has 2 aromatic carbocycles. The standard InChI is InChI=1S/C25H26O6/c1-4-12(2)17(11-26)13-8-9-14-16(10-13)24(29)20-21(22(14)27)25(30)19-15(23(20)28)6-5-7-18(19)31-3/h5-7,13,26-27,29H,4,8-11H2,1-3H3/b17-12-. The Morgan fingerprint density at radius 2 is 1.74 bits per heavy atom. The van der Waals surface area contributed by atoms with Crippen LogP contribution >= 0.6 is 0 Å². The fourth-order valence-electron chi connectivity index (χ4n) is 4.94. The monoisotopic (exact) mass is 422 g/mol. The number of aromatic hydroxyl groups is 2. The molecule has 31 heavy (non-hydrogen) atoms. The summed E-state index contributed by atoms with van der Waals surface area (Å²) < 4.78 is 5.27. The van der Waals surface area contributed by atoms with Gasteiger partial charge in [0, 0.05) is 16.7 Å². The van der Waals surface area contributed by atoms with Crippen LogP contribution in [0.15, 0.2) is 29.3 Å². The minimum Gasteiger partial charge on any atom is -0.507 e. The van der Waals surface area contributed by atoms with Crippen molar-refractivity contribution in [3.05, 3.63) is 62.7 Å². The predicted molar refractivity (Wildman–Crippen MR) is 115 cm³/mol. The Balaban J connectivity index is 1.90. The third-order valence-corrected chi connectivity index (χ3v) is 6.77. The number of aliphatic hydroxyl groups is 1. The Morgan fingerprint density at radius 3 is 2.39 bits per heavy atom. The molecule has 0 saturated heterocycles. The van der Waals surface area contributed by atoms with E-state index in [1.807, 2.05) is 13.8 Å². The van der Waals surface area contributed by atoms with E-state index in [1.54, 1.807) is 12.1 Å². The molecule has 0 saturated carbocycles. The summed E-state index contributed by atoms with van der Waals surface area (Å²) in [5.41, 5.74) is 2.97. The van der Waals surface area contributed by atoms with Crippen molar-refractivity contribution in [2.75, 3.05) is 13.7 Å². The van der Waals surface area contributed by atoms with Crippen molar-refractivity contribution in [2.45, 2.75) is 39.5 Å². The minimum atomic E-state index is -0.530. The van der Waals surface area contributed by atoms with Gasteiger partial charge in [0.05, 0.1) is 30.4 Å². The number of fused-ring (bicyclic) bond motifs is 3. The second-order valence-electron chi connectivity index (χ2n) is 8.20. The van der Waals surface area contributed by atoms with Crippen molar-refractivity contribution >= 4 is 11.6 Å². The highest BCUT2D eigenvalue weighted by atomic mass is 16.5. The van der Waals surface area contributed by atoms with Crippen molar-refractivity contribution in [1.29, 1.82) is 0 Å². The number of phenolic OH excluding ortho intramolecular Hbond substituents is 2. The summed E-state index contributed by atoms with van der Waals surface area (Å²) in [4.78, 5) is 26.6. The van der Waals surface area contributed by atoms with Crippen LogP contribution in [0.2, 0.25) is 0 Å². The van der Waals surface area contributed by atoms with Crippen LogP contribution < -0.4 is 4.74 Å². The molecule has 2 aliphatic carbocycles. The Hall–Kier alpha value is -3.12. The molecule has 2 aromatic rings. The molecule has 0 heterocycles. The van der Waals surface area contributed by atoms with Crippen molar-refractivity contribution in [2.24, 2.45) is 5.92 Å². The number of hydrogen-bond acceptors (Lipinski definition) is 6. The van der Waals surface area contributed by atoms with Gasteiger partial charge in [-0.05, 0) is 50.2 Å². The van der Waals surface area contributed by atoms with Crippen molar-refractivity contribution in [3.63, 3.8) is 0 Å². The summed E-state index contributed by atoms with van der Waals surface area (Å²) in [7, 11) is 1.41. The molecule has 0 aromatic heterocycles. The molecule has 1 atom stereocenters. The molecule has 6 heteroatoms. The predicted octanol–water partition coefficient (Wildman–Crippen LogP) is 3.71. The quantitative estimate of drug-likeness (QED) is 0.437. The van der Waals surface area contributed by atoms with Crippen LogP contribution in [0.1, 0.15) is 69.7 Å². The first-order valence-electron chi connectivity index (χ1n) is 10.5. The first kappa shape index (κ1) is 21.1. The largest absolute Gasteiger partial charge is 0.507 e. The molecule has 0 fully saturated rings. The molecule has 0 radical (unpaired) electrons. The molecular formula is C25H26O6. The minimum absolute atomic E-state index is 0.00238. The SMILES string of the molecule is CC/C(C)=C(/CO)C1CCc2c(O)c3c(c(O)c2C1)C(=O)c1cccc(OC)c1C3=O. The molecule has 0 aliphatic heterocycles. The van der Waals surface area contributed by atoms with E-state index >= 15 is 0 Å². The van der Waals surface area contributed by atoms with Crippen LogP contribution in [-0.4, -0.2) is 40.6 Å². The second kappa shape index (κ2) is 7.85. The van der Waals surface area contributed by atoms with Crippen LogP contribution in [-0.2, 0) is 12.8 Å². The lowest BCUT2D eigenvalue weighted by Crippen LogP contribution is -2.26. The number of hydrogen-bond donors (Lipinski definition) is 3. The summed E-state index contributed by atoms with van der Waals surface area (Å²) in [5, 5.41) is 32.1. The van der Waals surface area contributed by atoms with Gasteiger partial charge in [0.25, 0.3) is 0 Å². The molecule has 0 amide bonds. The Kier molecular flexibility index (Phi) is 5.35. The van der Waals surface area contributed by atoms with Gasteiger partial charge in [-0.25, -0.2) is 0 Å². The van der Waals surface area contributed by atoms with Gasteiger partial charge in [-0.2, -0.15) is 0 Å². The lowest BCUT2D eigenvalue weighted by Gasteiger charge is -2.31. The maximum atomic E-state index is 13.3. The number of phenols is 2. The lowest BCUT2D eigenvalue weighted by molar-refractivity contribution is 0.0971. The zero-order chi connectivity index (χ0) is 22.4. The van der Waals surface area contributed by atoms with Crippen molar-refractivity contribution in [3.8, 4) is 17.2 Å². The lowest BCUT2D eigenvalue weighted by atomic mass is 9.73. The van der Waals surface area contributed by atoms with E-state index in [0.29, 0.717) is 30.4 Å². The first-order chi connectivity index (χ1) is 14.8. The van der Waals surface area contributed by atoms with Gasteiger partial charge in [-0.15, -0.1) is 0 Å². The van der Waals surface area contributed by atoms with Crippen LogP contribution in [0.3, 0.4) is 0 Å². The molecule has 1 unspecified atom stereocenters. The number of carbonyl (C=O) groups excluding carboxylic acids is 2. The number of ether oxygens (including phenoxy) is 1. The molecular weight excluding hydrogens is 396 g/mol. The Bertz CT molecular complexity index is 1140. The Morgan fingerprint density at radius 1 is 1.06 bits per heavy atom. The first-order valence-corrected chi connectivity index (χ1v) is 10.5. The second-order valence-corrected chi connectivity index (χ2v) is 8.20. The van der Waals surface area contributed by atoms with Crippen LogP contribution in [0, 0.1) is 5.92 Å². The molecule has 0 spiro atoms. The van der Waals surface area contributed by atoms with Gasteiger partial charge in [0.1, 0.15) is 17.2 Å². The Labute approximate surface area is 180 Å². The number of methoxy groups -OCH3 is 1. The van der Waals surface area contributed by atoms with E-state index in [0.717, 1.165) is 17.6 Å². The normalized spacial score (nSPS) is 18.1. The average molecular weight is 422 g/mol. The summed E-state index contributed by atoms with van der Waals surface area (Å²) >= 11 is 0. The molecule has 162 valence electrons.